The monoisotopic (exact) mass is 605 g/mol. The number of nitrogens with zero attached hydrogens (tertiary/aromatic N) is 1. The van der Waals surface area contributed by atoms with Crippen LogP contribution in [0, 0.1) is 0 Å². The number of anilines is 3. The highest BCUT2D eigenvalue weighted by Crippen LogP contribution is 2.39. The summed E-state index contributed by atoms with van der Waals surface area (Å²) in [5.41, 5.74) is 13.6. The molecule has 0 saturated heterocycles. The predicted octanol–water partition coefficient (Wildman–Crippen LogP) is 11.0. The van der Waals surface area contributed by atoms with Gasteiger partial charge in [-0.25, -0.2) is 0 Å². The van der Waals surface area contributed by atoms with Gasteiger partial charge in [0, 0.05) is 17.1 Å². The lowest BCUT2D eigenvalue weighted by atomic mass is 9.98. The van der Waals surface area contributed by atoms with E-state index in [1.165, 1.54) is 49.7 Å². The van der Waals surface area contributed by atoms with Gasteiger partial charge >= 0.3 is 0 Å². The zero-order chi connectivity index (χ0) is 31.1. The molecule has 0 amide bonds. The van der Waals surface area contributed by atoms with Crippen LogP contribution in [0.25, 0.3) is 44.5 Å². The summed E-state index contributed by atoms with van der Waals surface area (Å²) in [6.45, 7) is 4.97. The number of fused-ring (bicyclic) bond motifs is 3. The van der Waals surface area contributed by atoms with Crippen LogP contribution in [-0.2, 0) is 0 Å². The van der Waals surface area contributed by atoms with E-state index in [0.29, 0.717) is 0 Å². The van der Waals surface area contributed by atoms with Crippen molar-refractivity contribution >= 4 is 35.5 Å². The van der Waals surface area contributed by atoms with E-state index in [1.54, 1.807) is 5.19 Å². The van der Waals surface area contributed by atoms with Crippen LogP contribution in [0.15, 0.2) is 176 Å². The quantitative estimate of drug-likeness (QED) is 0.170. The van der Waals surface area contributed by atoms with Gasteiger partial charge in [0.2, 0.25) is 0 Å². The van der Waals surface area contributed by atoms with Crippen LogP contribution in [-0.4, -0.2) is 8.07 Å². The number of benzene rings is 7. The molecule has 220 valence electrons. The first-order valence-electron chi connectivity index (χ1n) is 16.0. The van der Waals surface area contributed by atoms with Crippen molar-refractivity contribution in [2.24, 2.45) is 0 Å². The summed E-state index contributed by atoms with van der Waals surface area (Å²) in [6.07, 6.45) is 0. The van der Waals surface area contributed by atoms with Crippen molar-refractivity contribution in [3.63, 3.8) is 0 Å². The number of hydrogen-bond donors (Lipinski definition) is 0. The summed E-state index contributed by atoms with van der Waals surface area (Å²) in [6, 6.07) is 64.1. The normalized spacial score (nSPS) is 12.7. The standard InChI is InChI=1S/C44H35NSi/c1-46(2)43-25-10-9-24-41(43)42-27-26-37(31-44(42)46)36-19-13-23-40(30-36)45(38-20-7-4-8-21-38)39-22-12-18-35(29-39)34-17-11-16-33(28-34)32-14-5-3-6-15-32/h3-31H,1-2H3. The van der Waals surface area contributed by atoms with Crippen molar-refractivity contribution in [2.45, 2.75) is 13.1 Å². The highest BCUT2D eigenvalue weighted by atomic mass is 28.3. The minimum absolute atomic E-state index is 1.13. The van der Waals surface area contributed by atoms with Crippen LogP contribution in [0.1, 0.15) is 0 Å². The fourth-order valence-electron chi connectivity index (χ4n) is 7.07. The molecule has 0 aromatic heterocycles. The van der Waals surface area contributed by atoms with Crippen LogP contribution >= 0.6 is 0 Å². The molecule has 7 aromatic rings. The molecule has 0 aliphatic carbocycles. The van der Waals surface area contributed by atoms with Gasteiger partial charge in [-0.3, -0.25) is 0 Å². The summed E-state index contributed by atoms with van der Waals surface area (Å²) in [4.78, 5) is 2.37. The molecule has 0 N–H and O–H groups in total. The lowest BCUT2D eigenvalue weighted by molar-refractivity contribution is 1.28. The Morgan fingerprint density at radius 2 is 0.783 bits per heavy atom. The summed E-state index contributed by atoms with van der Waals surface area (Å²) in [5.74, 6) is 0. The summed E-state index contributed by atoms with van der Waals surface area (Å²) in [5, 5.41) is 3.07. The third-order valence-corrected chi connectivity index (χ3v) is 13.0. The Morgan fingerprint density at radius 1 is 0.326 bits per heavy atom. The third kappa shape index (κ3) is 4.97. The maximum atomic E-state index is 2.48. The second-order valence-corrected chi connectivity index (χ2v) is 17.0. The van der Waals surface area contributed by atoms with Gasteiger partial charge in [0.1, 0.15) is 8.07 Å². The van der Waals surface area contributed by atoms with E-state index in [0.717, 1.165) is 17.1 Å². The van der Waals surface area contributed by atoms with Crippen molar-refractivity contribution in [1.82, 2.24) is 0 Å². The van der Waals surface area contributed by atoms with E-state index < -0.39 is 8.07 Å². The Bertz CT molecular complexity index is 2180. The number of hydrogen-bond acceptors (Lipinski definition) is 1. The number of rotatable bonds is 6. The summed E-state index contributed by atoms with van der Waals surface area (Å²) < 4.78 is 0. The molecule has 8 rings (SSSR count). The molecule has 0 spiro atoms. The Morgan fingerprint density at radius 3 is 1.46 bits per heavy atom. The average molecular weight is 606 g/mol. The lowest BCUT2D eigenvalue weighted by Crippen LogP contribution is -2.49. The van der Waals surface area contributed by atoms with Crippen LogP contribution < -0.4 is 15.3 Å². The minimum Gasteiger partial charge on any atom is -0.310 e. The van der Waals surface area contributed by atoms with Gasteiger partial charge in [0.15, 0.2) is 0 Å². The highest BCUT2D eigenvalue weighted by Gasteiger charge is 2.37. The molecule has 0 unspecified atom stereocenters. The molecule has 0 fully saturated rings. The molecule has 1 aliphatic rings. The second-order valence-electron chi connectivity index (χ2n) is 12.6. The Labute approximate surface area is 273 Å². The molecule has 0 radical (unpaired) electrons. The van der Waals surface area contributed by atoms with Gasteiger partial charge in [0.05, 0.1) is 0 Å². The molecule has 0 bridgehead atoms. The van der Waals surface area contributed by atoms with Crippen molar-refractivity contribution in [3.05, 3.63) is 176 Å². The van der Waals surface area contributed by atoms with E-state index in [1.807, 2.05) is 0 Å². The van der Waals surface area contributed by atoms with E-state index in [4.69, 9.17) is 0 Å². The molecule has 1 heterocycles. The first kappa shape index (κ1) is 28.1. The molecule has 1 nitrogen and oxygen atoms in total. The third-order valence-electron chi connectivity index (χ3n) is 9.44. The van der Waals surface area contributed by atoms with Gasteiger partial charge < -0.3 is 4.90 Å². The molecule has 1 aliphatic heterocycles. The minimum atomic E-state index is -1.76. The van der Waals surface area contributed by atoms with E-state index in [9.17, 15) is 0 Å². The fraction of sp³-hybridized carbons (Fsp3) is 0.0455. The second kappa shape index (κ2) is 11.5. The van der Waals surface area contributed by atoms with E-state index in [-0.39, 0.29) is 0 Å². The molecule has 46 heavy (non-hydrogen) atoms. The average Bonchev–Trinajstić information content (AvgIpc) is 3.35. The molecule has 0 saturated carbocycles. The van der Waals surface area contributed by atoms with Gasteiger partial charge in [-0.15, -0.1) is 0 Å². The Hall–Kier alpha value is -5.44. The molecular weight excluding hydrogens is 571 g/mol. The maximum Gasteiger partial charge on any atom is 0.113 e. The largest absolute Gasteiger partial charge is 0.310 e. The van der Waals surface area contributed by atoms with Crippen LogP contribution in [0.4, 0.5) is 17.1 Å². The molecular formula is C44H35NSi. The predicted molar refractivity (Wildman–Crippen MR) is 200 cm³/mol. The van der Waals surface area contributed by atoms with Gasteiger partial charge in [-0.1, -0.05) is 147 Å². The molecule has 2 heteroatoms. The van der Waals surface area contributed by atoms with Gasteiger partial charge in [-0.2, -0.15) is 0 Å². The first-order valence-corrected chi connectivity index (χ1v) is 19.0. The zero-order valence-corrected chi connectivity index (χ0v) is 27.2. The topological polar surface area (TPSA) is 3.24 Å². The summed E-state index contributed by atoms with van der Waals surface area (Å²) in [7, 11) is -1.76. The van der Waals surface area contributed by atoms with E-state index >= 15 is 0 Å². The van der Waals surface area contributed by atoms with Crippen LogP contribution in [0.3, 0.4) is 0 Å². The molecule has 7 aromatic carbocycles. The Kier molecular flexibility index (Phi) is 7.01. The Balaban J connectivity index is 1.20. The van der Waals surface area contributed by atoms with Crippen molar-refractivity contribution < 1.29 is 0 Å². The fourth-order valence-corrected chi connectivity index (χ4v) is 10.2. The maximum absolute atomic E-state index is 2.48. The lowest BCUT2D eigenvalue weighted by Gasteiger charge is -2.26. The zero-order valence-electron chi connectivity index (χ0n) is 26.2. The smallest absolute Gasteiger partial charge is 0.113 e. The van der Waals surface area contributed by atoms with Crippen LogP contribution in [0.5, 0.6) is 0 Å². The van der Waals surface area contributed by atoms with Gasteiger partial charge in [-0.05, 0) is 97.3 Å². The van der Waals surface area contributed by atoms with Crippen LogP contribution in [0.2, 0.25) is 13.1 Å². The van der Waals surface area contributed by atoms with Crippen molar-refractivity contribution in [2.75, 3.05) is 4.90 Å². The van der Waals surface area contributed by atoms with Crippen molar-refractivity contribution in [3.8, 4) is 44.5 Å². The first-order chi connectivity index (χ1) is 22.6. The summed E-state index contributed by atoms with van der Waals surface area (Å²) >= 11 is 0. The highest BCUT2D eigenvalue weighted by molar-refractivity contribution is 7.03. The van der Waals surface area contributed by atoms with E-state index in [2.05, 4.69) is 194 Å². The SMILES string of the molecule is C[Si]1(C)c2ccccc2-c2ccc(-c3cccc(N(c4ccccc4)c4cccc(-c5cccc(-c6ccccc6)c5)c4)c3)cc21. The van der Waals surface area contributed by atoms with Gasteiger partial charge in [0.25, 0.3) is 0 Å². The number of para-hydroxylation sites is 1. The molecule has 0 atom stereocenters. The van der Waals surface area contributed by atoms with Crippen molar-refractivity contribution in [1.29, 1.82) is 0 Å².